The molecule has 7 heteroatoms. The molecule has 0 saturated carbocycles. The molecule has 1 aliphatic rings. The molecule has 1 aliphatic heterocycles. The minimum absolute atomic E-state index is 0.0713. The molecule has 3 rings (SSSR count). The van der Waals surface area contributed by atoms with Crippen molar-refractivity contribution in [3.05, 3.63) is 48.0 Å². The molecule has 0 unspecified atom stereocenters. The van der Waals surface area contributed by atoms with Crippen molar-refractivity contribution in [2.75, 3.05) is 61.9 Å². The summed E-state index contributed by atoms with van der Waals surface area (Å²) in [5, 5.41) is 3.41. The standard InChI is InChI=1S/C21H28FN5O/c1-4-9-24-20-16(21(28)25(2)3)14-23-15-19(20)27-12-10-26(11-13-27)18-8-6-5-7-17(18)22/h5-8,14-15H,4,9-13H2,1-3H3,(H,23,24). The highest BCUT2D eigenvalue weighted by Crippen LogP contribution is 2.31. The number of amides is 1. The average molecular weight is 385 g/mol. The van der Waals surface area contributed by atoms with Gasteiger partial charge in [0.05, 0.1) is 28.8 Å². The molecule has 0 atom stereocenters. The highest BCUT2D eigenvalue weighted by Gasteiger charge is 2.24. The molecule has 1 aromatic carbocycles. The number of hydrogen-bond donors (Lipinski definition) is 1. The van der Waals surface area contributed by atoms with E-state index in [0.29, 0.717) is 24.3 Å². The van der Waals surface area contributed by atoms with Crippen LogP contribution in [-0.4, -0.2) is 62.6 Å². The van der Waals surface area contributed by atoms with E-state index >= 15 is 0 Å². The number of carbonyl (C=O) groups excluding carboxylic acids is 1. The fraction of sp³-hybridized carbons (Fsp3) is 0.429. The smallest absolute Gasteiger partial charge is 0.257 e. The zero-order valence-electron chi connectivity index (χ0n) is 16.8. The van der Waals surface area contributed by atoms with Crippen LogP contribution in [0.15, 0.2) is 36.7 Å². The summed E-state index contributed by atoms with van der Waals surface area (Å²) in [6.07, 6.45) is 4.39. The van der Waals surface area contributed by atoms with Gasteiger partial charge in [0, 0.05) is 53.0 Å². The second-order valence-electron chi connectivity index (χ2n) is 7.13. The lowest BCUT2D eigenvalue weighted by Gasteiger charge is -2.38. The number of carbonyl (C=O) groups is 1. The summed E-state index contributed by atoms with van der Waals surface area (Å²) in [5.74, 6) is -0.264. The molecular formula is C21H28FN5O. The molecule has 1 N–H and O–H groups in total. The molecule has 1 aromatic heterocycles. The summed E-state index contributed by atoms with van der Waals surface area (Å²) in [6, 6.07) is 6.88. The van der Waals surface area contributed by atoms with Crippen LogP contribution >= 0.6 is 0 Å². The molecular weight excluding hydrogens is 357 g/mol. The number of rotatable bonds is 6. The molecule has 1 saturated heterocycles. The van der Waals surface area contributed by atoms with Crippen LogP contribution in [-0.2, 0) is 0 Å². The van der Waals surface area contributed by atoms with Crippen molar-refractivity contribution in [3.63, 3.8) is 0 Å². The lowest BCUT2D eigenvalue weighted by molar-refractivity contribution is 0.0828. The lowest BCUT2D eigenvalue weighted by Crippen LogP contribution is -2.47. The number of pyridine rings is 1. The number of nitrogens with one attached hydrogen (secondary N) is 1. The number of anilines is 3. The SMILES string of the molecule is CCCNc1c(C(=O)N(C)C)cncc1N1CCN(c2ccccc2F)CC1. The van der Waals surface area contributed by atoms with E-state index in [-0.39, 0.29) is 11.7 Å². The Labute approximate surface area is 166 Å². The average Bonchev–Trinajstić information content (AvgIpc) is 2.72. The maximum absolute atomic E-state index is 14.1. The van der Waals surface area contributed by atoms with E-state index < -0.39 is 0 Å². The second kappa shape index (κ2) is 8.91. The first kappa shape index (κ1) is 19.9. The number of benzene rings is 1. The molecule has 0 bridgehead atoms. The van der Waals surface area contributed by atoms with Gasteiger partial charge in [-0.1, -0.05) is 19.1 Å². The number of piperazine rings is 1. The number of aromatic nitrogens is 1. The Morgan fingerprint density at radius 3 is 2.36 bits per heavy atom. The predicted octanol–water partition coefficient (Wildman–Crippen LogP) is 3.07. The zero-order valence-corrected chi connectivity index (χ0v) is 16.8. The van der Waals surface area contributed by atoms with Crippen molar-refractivity contribution in [1.29, 1.82) is 0 Å². The molecule has 150 valence electrons. The second-order valence-corrected chi connectivity index (χ2v) is 7.13. The van der Waals surface area contributed by atoms with E-state index in [4.69, 9.17) is 0 Å². The predicted molar refractivity (Wildman–Crippen MR) is 112 cm³/mol. The zero-order chi connectivity index (χ0) is 20.1. The van der Waals surface area contributed by atoms with Crippen molar-refractivity contribution < 1.29 is 9.18 Å². The summed E-state index contributed by atoms with van der Waals surface area (Å²) in [7, 11) is 3.48. The van der Waals surface area contributed by atoms with Crippen LogP contribution in [0.4, 0.5) is 21.5 Å². The van der Waals surface area contributed by atoms with Crippen molar-refractivity contribution in [3.8, 4) is 0 Å². The third kappa shape index (κ3) is 4.18. The normalized spacial score (nSPS) is 14.1. The fourth-order valence-electron chi connectivity index (χ4n) is 3.42. The molecule has 2 aromatic rings. The fourth-order valence-corrected chi connectivity index (χ4v) is 3.42. The highest BCUT2D eigenvalue weighted by molar-refractivity contribution is 6.02. The molecule has 0 spiro atoms. The molecule has 6 nitrogen and oxygen atoms in total. The van der Waals surface area contributed by atoms with Gasteiger partial charge in [-0.3, -0.25) is 9.78 Å². The van der Waals surface area contributed by atoms with Gasteiger partial charge in [-0.25, -0.2) is 4.39 Å². The van der Waals surface area contributed by atoms with Crippen LogP contribution in [0.1, 0.15) is 23.7 Å². The maximum atomic E-state index is 14.1. The maximum Gasteiger partial charge on any atom is 0.257 e. The van der Waals surface area contributed by atoms with Gasteiger partial charge in [0.1, 0.15) is 5.82 Å². The van der Waals surface area contributed by atoms with E-state index in [0.717, 1.165) is 37.4 Å². The summed E-state index contributed by atoms with van der Waals surface area (Å²) in [4.78, 5) is 22.8. The van der Waals surface area contributed by atoms with Crippen molar-refractivity contribution in [2.45, 2.75) is 13.3 Å². The van der Waals surface area contributed by atoms with E-state index in [2.05, 4.69) is 27.0 Å². The molecule has 1 amide bonds. The Kier molecular flexibility index (Phi) is 6.34. The number of hydrogen-bond acceptors (Lipinski definition) is 5. The minimum atomic E-state index is -0.193. The monoisotopic (exact) mass is 385 g/mol. The van der Waals surface area contributed by atoms with Crippen LogP contribution < -0.4 is 15.1 Å². The van der Waals surface area contributed by atoms with E-state index in [9.17, 15) is 9.18 Å². The number of para-hydroxylation sites is 1. The van der Waals surface area contributed by atoms with Gasteiger partial charge in [0.15, 0.2) is 0 Å². The Morgan fingerprint density at radius 1 is 1.11 bits per heavy atom. The number of halogens is 1. The van der Waals surface area contributed by atoms with Crippen LogP contribution in [0.2, 0.25) is 0 Å². The summed E-state index contributed by atoms with van der Waals surface area (Å²) < 4.78 is 14.1. The van der Waals surface area contributed by atoms with Gasteiger partial charge in [-0.2, -0.15) is 0 Å². The molecule has 0 aliphatic carbocycles. The first-order valence-electron chi connectivity index (χ1n) is 9.71. The molecule has 2 heterocycles. The van der Waals surface area contributed by atoms with E-state index in [1.165, 1.54) is 6.07 Å². The summed E-state index contributed by atoms with van der Waals surface area (Å²) in [5.41, 5.74) is 2.97. The summed E-state index contributed by atoms with van der Waals surface area (Å²) >= 11 is 0. The molecule has 0 radical (unpaired) electrons. The Bertz CT molecular complexity index is 818. The van der Waals surface area contributed by atoms with E-state index in [1.54, 1.807) is 31.3 Å². The highest BCUT2D eigenvalue weighted by atomic mass is 19.1. The minimum Gasteiger partial charge on any atom is -0.383 e. The quantitative estimate of drug-likeness (QED) is 0.828. The van der Waals surface area contributed by atoms with Gasteiger partial charge in [-0.15, -0.1) is 0 Å². The van der Waals surface area contributed by atoms with Crippen molar-refractivity contribution in [1.82, 2.24) is 9.88 Å². The Hall–Kier alpha value is -2.83. The van der Waals surface area contributed by atoms with Gasteiger partial charge < -0.3 is 20.0 Å². The summed E-state index contributed by atoms with van der Waals surface area (Å²) in [6.45, 7) is 5.75. The molecule has 28 heavy (non-hydrogen) atoms. The third-order valence-electron chi connectivity index (χ3n) is 4.93. The third-order valence-corrected chi connectivity index (χ3v) is 4.93. The van der Waals surface area contributed by atoms with Gasteiger partial charge in [-0.05, 0) is 18.6 Å². The molecule has 1 fully saturated rings. The van der Waals surface area contributed by atoms with Crippen molar-refractivity contribution in [2.24, 2.45) is 0 Å². The van der Waals surface area contributed by atoms with Crippen LogP contribution in [0.5, 0.6) is 0 Å². The van der Waals surface area contributed by atoms with Crippen LogP contribution in [0.25, 0.3) is 0 Å². The van der Waals surface area contributed by atoms with Crippen LogP contribution in [0.3, 0.4) is 0 Å². The first-order valence-corrected chi connectivity index (χ1v) is 9.71. The first-order chi connectivity index (χ1) is 13.5. The number of nitrogens with zero attached hydrogens (tertiary/aromatic N) is 4. The topological polar surface area (TPSA) is 51.7 Å². The Balaban J connectivity index is 1.83. The largest absolute Gasteiger partial charge is 0.383 e. The van der Waals surface area contributed by atoms with Gasteiger partial charge >= 0.3 is 0 Å². The van der Waals surface area contributed by atoms with E-state index in [1.807, 2.05) is 18.3 Å². The van der Waals surface area contributed by atoms with Gasteiger partial charge in [0.2, 0.25) is 0 Å². The van der Waals surface area contributed by atoms with Crippen molar-refractivity contribution >= 4 is 23.0 Å². The Morgan fingerprint density at radius 2 is 1.75 bits per heavy atom. The van der Waals surface area contributed by atoms with Gasteiger partial charge in [0.25, 0.3) is 5.91 Å². The lowest BCUT2D eigenvalue weighted by atomic mass is 10.1. The van der Waals surface area contributed by atoms with Crippen LogP contribution in [0, 0.1) is 5.82 Å².